The van der Waals surface area contributed by atoms with E-state index in [1.807, 2.05) is 0 Å². The van der Waals surface area contributed by atoms with E-state index < -0.39 is 11.9 Å². The Bertz CT molecular complexity index is 329. The highest BCUT2D eigenvalue weighted by Gasteiger charge is 2.26. The summed E-state index contributed by atoms with van der Waals surface area (Å²) in [7, 11) is 0. The van der Waals surface area contributed by atoms with Gasteiger partial charge in [-0.3, -0.25) is 4.79 Å². The predicted molar refractivity (Wildman–Crippen MR) is 55.2 cm³/mol. The van der Waals surface area contributed by atoms with Gasteiger partial charge in [0.25, 0.3) is 0 Å². The van der Waals surface area contributed by atoms with Crippen LogP contribution in [0.2, 0.25) is 0 Å². The van der Waals surface area contributed by atoms with Gasteiger partial charge in [-0.2, -0.15) is 0 Å². The standard InChI is InChI=1S/C11H14O6/c1-7(11(13)17-6-9-4-15-9)2-10(12)16-5-8-3-14-8/h8-9H,1-6H2. The summed E-state index contributed by atoms with van der Waals surface area (Å²) < 4.78 is 19.5. The fourth-order valence-electron chi connectivity index (χ4n) is 1.08. The van der Waals surface area contributed by atoms with Gasteiger partial charge in [-0.15, -0.1) is 0 Å². The number of carbonyl (C=O) groups is 2. The van der Waals surface area contributed by atoms with Crippen LogP contribution in [0.3, 0.4) is 0 Å². The molecule has 0 radical (unpaired) electrons. The molecule has 2 atom stereocenters. The summed E-state index contributed by atoms with van der Waals surface area (Å²) in [4.78, 5) is 22.6. The second kappa shape index (κ2) is 5.29. The van der Waals surface area contributed by atoms with Crippen molar-refractivity contribution in [3.05, 3.63) is 12.2 Å². The third-order valence-electron chi connectivity index (χ3n) is 2.28. The summed E-state index contributed by atoms with van der Waals surface area (Å²) in [6.07, 6.45) is -0.131. The summed E-state index contributed by atoms with van der Waals surface area (Å²) in [5.74, 6) is -1.08. The topological polar surface area (TPSA) is 77.7 Å². The number of hydrogen-bond acceptors (Lipinski definition) is 6. The minimum atomic E-state index is -0.583. The summed E-state index contributed by atoms with van der Waals surface area (Å²) in [5, 5.41) is 0. The van der Waals surface area contributed by atoms with E-state index in [0.29, 0.717) is 13.2 Å². The van der Waals surface area contributed by atoms with Crippen LogP contribution in [0.4, 0.5) is 0 Å². The van der Waals surface area contributed by atoms with Gasteiger partial charge in [0, 0.05) is 5.57 Å². The van der Waals surface area contributed by atoms with E-state index in [1.165, 1.54) is 0 Å². The molecular weight excluding hydrogens is 228 g/mol. The Morgan fingerprint density at radius 1 is 1.12 bits per heavy atom. The van der Waals surface area contributed by atoms with Crippen LogP contribution in [0, 0.1) is 0 Å². The third-order valence-corrected chi connectivity index (χ3v) is 2.28. The van der Waals surface area contributed by atoms with Crippen molar-refractivity contribution in [2.45, 2.75) is 18.6 Å². The van der Waals surface area contributed by atoms with Gasteiger partial charge in [0.2, 0.25) is 0 Å². The number of ether oxygens (including phenoxy) is 4. The van der Waals surface area contributed by atoms with Gasteiger partial charge >= 0.3 is 11.9 Å². The monoisotopic (exact) mass is 242 g/mol. The average Bonchev–Trinajstić information content (AvgIpc) is 3.16. The maximum atomic E-state index is 11.4. The molecule has 0 amide bonds. The van der Waals surface area contributed by atoms with Crippen molar-refractivity contribution < 1.29 is 28.5 Å². The van der Waals surface area contributed by atoms with E-state index in [1.54, 1.807) is 0 Å². The number of esters is 2. The number of rotatable bonds is 7. The lowest BCUT2D eigenvalue weighted by Crippen LogP contribution is -2.16. The third kappa shape index (κ3) is 4.54. The number of epoxide rings is 2. The SMILES string of the molecule is C=C(CC(=O)OCC1CO1)C(=O)OCC1CO1. The van der Waals surface area contributed by atoms with Crippen molar-refractivity contribution >= 4 is 11.9 Å². The molecule has 0 aromatic rings. The maximum Gasteiger partial charge on any atom is 0.334 e. The van der Waals surface area contributed by atoms with Crippen LogP contribution in [0.5, 0.6) is 0 Å². The molecule has 0 aromatic carbocycles. The molecule has 2 aliphatic heterocycles. The van der Waals surface area contributed by atoms with Gasteiger partial charge in [-0.05, 0) is 0 Å². The van der Waals surface area contributed by atoms with Gasteiger partial charge in [0.1, 0.15) is 25.4 Å². The molecule has 0 N–H and O–H groups in total. The zero-order valence-corrected chi connectivity index (χ0v) is 9.35. The molecule has 0 aromatic heterocycles. The molecule has 2 aliphatic rings. The maximum absolute atomic E-state index is 11.4. The van der Waals surface area contributed by atoms with E-state index in [2.05, 4.69) is 6.58 Å². The van der Waals surface area contributed by atoms with Crippen molar-refractivity contribution in [1.29, 1.82) is 0 Å². The highest BCUT2D eigenvalue weighted by Crippen LogP contribution is 2.12. The van der Waals surface area contributed by atoms with Crippen LogP contribution in [0.1, 0.15) is 6.42 Å². The van der Waals surface area contributed by atoms with Crippen molar-refractivity contribution in [3.8, 4) is 0 Å². The quantitative estimate of drug-likeness (QED) is 0.350. The molecule has 2 unspecified atom stereocenters. The molecule has 2 fully saturated rings. The summed E-state index contributed by atoms with van der Waals surface area (Å²) in [6, 6.07) is 0. The minimum absolute atomic E-state index is 0.00529. The zero-order chi connectivity index (χ0) is 12.3. The molecule has 6 nitrogen and oxygen atoms in total. The van der Waals surface area contributed by atoms with Gasteiger partial charge in [-0.1, -0.05) is 6.58 Å². The lowest BCUT2D eigenvalue weighted by Gasteiger charge is -2.05. The van der Waals surface area contributed by atoms with Gasteiger partial charge in [-0.25, -0.2) is 4.79 Å². The number of carbonyl (C=O) groups excluding carboxylic acids is 2. The first-order valence-corrected chi connectivity index (χ1v) is 5.39. The van der Waals surface area contributed by atoms with Crippen LogP contribution in [0.15, 0.2) is 12.2 Å². The molecule has 0 saturated carbocycles. The summed E-state index contributed by atoms with van der Waals surface area (Å²) in [5.41, 5.74) is 0.0902. The molecule has 6 heteroatoms. The predicted octanol–water partition coefficient (Wildman–Crippen LogP) is -0.183. The largest absolute Gasteiger partial charge is 0.463 e. The second-order valence-corrected chi connectivity index (χ2v) is 3.97. The van der Waals surface area contributed by atoms with Crippen LogP contribution >= 0.6 is 0 Å². The molecule has 2 rings (SSSR count). The van der Waals surface area contributed by atoms with Crippen molar-refractivity contribution in [3.63, 3.8) is 0 Å². The Labute approximate surface area is 98.5 Å². The molecule has 2 heterocycles. The van der Waals surface area contributed by atoms with E-state index in [0.717, 1.165) is 0 Å². The molecular formula is C11H14O6. The van der Waals surface area contributed by atoms with Crippen molar-refractivity contribution in [2.75, 3.05) is 26.4 Å². The minimum Gasteiger partial charge on any atom is -0.463 e. The van der Waals surface area contributed by atoms with Crippen LogP contribution in [-0.4, -0.2) is 50.6 Å². The highest BCUT2D eigenvalue weighted by atomic mass is 16.6. The van der Waals surface area contributed by atoms with Crippen LogP contribution < -0.4 is 0 Å². The normalized spacial score (nSPS) is 24.9. The first-order chi connectivity index (χ1) is 8.15. The fraction of sp³-hybridized carbons (Fsp3) is 0.636. The Balaban J connectivity index is 1.59. The molecule has 0 bridgehead atoms. The first kappa shape index (κ1) is 12.1. The molecule has 94 valence electrons. The zero-order valence-electron chi connectivity index (χ0n) is 9.35. The molecule has 2 saturated heterocycles. The first-order valence-electron chi connectivity index (χ1n) is 5.39. The smallest absolute Gasteiger partial charge is 0.334 e. The Morgan fingerprint density at radius 2 is 1.65 bits per heavy atom. The fourth-order valence-corrected chi connectivity index (χ4v) is 1.08. The van der Waals surface area contributed by atoms with E-state index in [-0.39, 0.29) is 37.4 Å². The highest BCUT2D eigenvalue weighted by molar-refractivity contribution is 5.93. The van der Waals surface area contributed by atoms with Gasteiger partial charge < -0.3 is 18.9 Å². The van der Waals surface area contributed by atoms with E-state index in [9.17, 15) is 9.59 Å². The van der Waals surface area contributed by atoms with E-state index >= 15 is 0 Å². The van der Waals surface area contributed by atoms with Crippen LogP contribution in [-0.2, 0) is 28.5 Å². The van der Waals surface area contributed by atoms with Crippen LogP contribution in [0.25, 0.3) is 0 Å². The second-order valence-electron chi connectivity index (χ2n) is 3.97. The Hall–Kier alpha value is -1.40. The molecule has 0 aliphatic carbocycles. The lowest BCUT2D eigenvalue weighted by molar-refractivity contribution is -0.146. The molecule has 0 spiro atoms. The van der Waals surface area contributed by atoms with Gasteiger partial charge in [0.05, 0.1) is 19.6 Å². The lowest BCUT2D eigenvalue weighted by atomic mass is 10.2. The Kier molecular flexibility index (Phi) is 3.75. The average molecular weight is 242 g/mol. The Morgan fingerprint density at radius 3 is 2.18 bits per heavy atom. The van der Waals surface area contributed by atoms with E-state index in [4.69, 9.17) is 18.9 Å². The van der Waals surface area contributed by atoms with Crippen molar-refractivity contribution in [1.82, 2.24) is 0 Å². The van der Waals surface area contributed by atoms with Crippen molar-refractivity contribution in [2.24, 2.45) is 0 Å². The summed E-state index contributed by atoms with van der Waals surface area (Å²) in [6.45, 7) is 5.17. The summed E-state index contributed by atoms with van der Waals surface area (Å²) >= 11 is 0. The molecule has 17 heavy (non-hydrogen) atoms. The number of hydrogen-bond donors (Lipinski definition) is 0. The van der Waals surface area contributed by atoms with Gasteiger partial charge in [0.15, 0.2) is 0 Å².